The van der Waals surface area contributed by atoms with Crippen molar-refractivity contribution in [2.75, 3.05) is 6.61 Å². The summed E-state index contributed by atoms with van der Waals surface area (Å²) in [5, 5.41) is 15.5. The van der Waals surface area contributed by atoms with Crippen LogP contribution in [0.5, 0.6) is 0 Å². The standard InChI is InChI=1S/C3H7NO2.C3H4O3/c1-2-6-3(4)5;1-2(4)3(5)6/h2H2,1H3,(H2,4,5);4H,1H2,(H,5,6). The first kappa shape index (κ1) is 12.9. The Labute approximate surface area is 69.2 Å². The zero-order chi connectivity index (χ0) is 10.1. The largest absolute Gasteiger partial charge is 0.502 e. The maximum atomic E-state index is 9.60. The normalized spacial score (nSPS) is 7.42. The molecule has 0 heterocycles. The van der Waals surface area contributed by atoms with Crippen molar-refractivity contribution in [1.29, 1.82) is 0 Å². The molecule has 0 fully saturated rings. The molecule has 0 aliphatic heterocycles. The summed E-state index contributed by atoms with van der Waals surface area (Å²) < 4.78 is 4.18. The highest BCUT2D eigenvalue weighted by Crippen LogP contribution is 1.75. The van der Waals surface area contributed by atoms with Gasteiger partial charge in [0.25, 0.3) is 0 Å². The highest BCUT2D eigenvalue weighted by molar-refractivity contribution is 5.82. The Balaban J connectivity index is 0. The van der Waals surface area contributed by atoms with Gasteiger partial charge in [0, 0.05) is 0 Å². The molecule has 6 nitrogen and oxygen atoms in total. The van der Waals surface area contributed by atoms with Gasteiger partial charge >= 0.3 is 12.1 Å². The van der Waals surface area contributed by atoms with E-state index in [-0.39, 0.29) is 0 Å². The number of aliphatic hydroxyl groups is 1. The van der Waals surface area contributed by atoms with Gasteiger partial charge in [-0.15, -0.1) is 0 Å². The van der Waals surface area contributed by atoms with Gasteiger partial charge in [-0.2, -0.15) is 0 Å². The third kappa shape index (κ3) is 15.7. The number of primary amides is 1. The van der Waals surface area contributed by atoms with Crippen LogP contribution in [0.1, 0.15) is 6.92 Å². The number of carbonyl (C=O) groups excluding carboxylic acids is 1. The second-order valence-corrected chi connectivity index (χ2v) is 1.50. The second-order valence-electron chi connectivity index (χ2n) is 1.50. The fraction of sp³-hybridized carbons (Fsp3) is 0.333. The second kappa shape index (κ2) is 7.39. The molecule has 0 bridgehead atoms. The molecule has 0 aliphatic carbocycles. The van der Waals surface area contributed by atoms with Crippen LogP contribution in [0.15, 0.2) is 12.3 Å². The third-order valence-electron chi connectivity index (χ3n) is 0.533. The SMILES string of the molecule is C=C(O)C(=O)O.CCOC(N)=O. The van der Waals surface area contributed by atoms with Crippen LogP contribution in [-0.4, -0.2) is 28.9 Å². The number of nitrogens with two attached hydrogens (primary N) is 1. The van der Waals surface area contributed by atoms with Crippen LogP contribution in [0.2, 0.25) is 0 Å². The van der Waals surface area contributed by atoms with Crippen LogP contribution in [0, 0.1) is 0 Å². The molecular formula is C6H11NO5. The quantitative estimate of drug-likeness (QED) is 0.413. The molecule has 0 saturated carbocycles. The van der Waals surface area contributed by atoms with Crippen molar-refractivity contribution in [1.82, 2.24) is 0 Å². The summed E-state index contributed by atoms with van der Waals surface area (Å²) in [5.74, 6) is -2.20. The minimum atomic E-state index is -1.38. The average Bonchev–Trinajstić information content (AvgIpc) is 1.87. The van der Waals surface area contributed by atoms with Gasteiger partial charge in [-0.1, -0.05) is 0 Å². The Kier molecular flexibility index (Phi) is 7.95. The average molecular weight is 177 g/mol. The Morgan fingerprint density at radius 3 is 1.83 bits per heavy atom. The fourth-order valence-corrected chi connectivity index (χ4v) is 0.142. The zero-order valence-electron chi connectivity index (χ0n) is 6.61. The number of aliphatic carboxylic acids is 1. The molecule has 0 radical (unpaired) electrons. The molecule has 6 heteroatoms. The van der Waals surface area contributed by atoms with Gasteiger partial charge in [0.2, 0.25) is 0 Å². The fourth-order valence-electron chi connectivity index (χ4n) is 0.142. The molecule has 0 aromatic rings. The Hall–Kier alpha value is -1.72. The Morgan fingerprint density at radius 2 is 1.83 bits per heavy atom. The lowest BCUT2D eigenvalue weighted by Gasteiger charge is -1.89. The van der Waals surface area contributed by atoms with Crippen LogP contribution in [-0.2, 0) is 9.53 Å². The maximum Gasteiger partial charge on any atom is 0.404 e. The van der Waals surface area contributed by atoms with Crippen LogP contribution < -0.4 is 5.73 Å². The first-order valence-electron chi connectivity index (χ1n) is 2.95. The van der Waals surface area contributed by atoms with E-state index in [4.69, 9.17) is 10.2 Å². The Morgan fingerprint density at radius 1 is 1.50 bits per heavy atom. The van der Waals surface area contributed by atoms with E-state index < -0.39 is 17.8 Å². The zero-order valence-corrected chi connectivity index (χ0v) is 6.61. The molecule has 0 aromatic heterocycles. The van der Waals surface area contributed by atoms with E-state index in [2.05, 4.69) is 17.0 Å². The lowest BCUT2D eigenvalue weighted by atomic mass is 10.6. The third-order valence-corrected chi connectivity index (χ3v) is 0.533. The minimum Gasteiger partial charge on any atom is -0.502 e. The van der Waals surface area contributed by atoms with Gasteiger partial charge in [0.15, 0.2) is 5.76 Å². The van der Waals surface area contributed by atoms with E-state index >= 15 is 0 Å². The summed E-state index contributed by atoms with van der Waals surface area (Å²) in [4.78, 5) is 18.9. The highest BCUT2D eigenvalue weighted by atomic mass is 16.5. The predicted octanol–water partition coefficient (Wildman–Crippen LogP) is 0.244. The van der Waals surface area contributed by atoms with Crippen molar-refractivity contribution in [2.24, 2.45) is 5.73 Å². The number of hydrogen-bond acceptors (Lipinski definition) is 4. The molecular weight excluding hydrogens is 166 g/mol. The van der Waals surface area contributed by atoms with E-state index in [9.17, 15) is 9.59 Å². The molecule has 0 spiro atoms. The molecule has 4 N–H and O–H groups in total. The molecule has 0 saturated heterocycles. The maximum absolute atomic E-state index is 9.60. The van der Waals surface area contributed by atoms with E-state index in [0.29, 0.717) is 6.61 Å². The molecule has 70 valence electrons. The first-order chi connectivity index (χ1) is 5.41. The molecule has 12 heavy (non-hydrogen) atoms. The summed E-state index contributed by atoms with van der Waals surface area (Å²) in [6.45, 7) is 4.77. The van der Waals surface area contributed by atoms with Gasteiger partial charge in [-0.05, 0) is 13.5 Å². The van der Waals surface area contributed by atoms with Crippen molar-refractivity contribution in [3.8, 4) is 0 Å². The number of rotatable bonds is 2. The summed E-state index contributed by atoms with van der Waals surface area (Å²) in [5.41, 5.74) is 4.54. The van der Waals surface area contributed by atoms with Gasteiger partial charge in [0.05, 0.1) is 6.61 Å². The Bertz CT molecular complexity index is 165. The smallest absolute Gasteiger partial charge is 0.404 e. The van der Waals surface area contributed by atoms with E-state index in [1.54, 1.807) is 6.92 Å². The van der Waals surface area contributed by atoms with Crippen LogP contribution in [0.3, 0.4) is 0 Å². The number of amides is 1. The van der Waals surface area contributed by atoms with E-state index in [1.807, 2.05) is 0 Å². The highest BCUT2D eigenvalue weighted by Gasteiger charge is 1.94. The van der Waals surface area contributed by atoms with Crippen LogP contribution >= 0.6 is 0 Å². The predicted molar refractivity (Wildman–Crippen MR) is 40.6 cm³/mol. The van der Waals surface area contributed by atoms with Crippen molar-refractivity contribution >= 4 is 12.1 Å². The minimum absolute atomic E-state index is 0.356. The van der Waals surface area contributed by atoms with Crippen LogP contribution in [0.4, 0.5) is 4.79 Å². The lowest BCUT2D eigenvalue weighted by molar-refractivity contribution is -0.135. The van der Waals surface area contributed by atoms with Gasteiger partial charge in [0.1, 0.15) is 0 Å². The van der Waals surface area contributed by atoms with Crippen molar-refractivity contribution in [2.45, 2.75) is 6.92 Å². The molecule has 0 unspecified atom stereocenters. The van der Waals surface area contributed by atoms with E-state index in [0.717, 1.165) is 0 Å². The summed E-state index contributed by atoms with van der Waals surface area (Å²) in [6, 6.07) is 0. The molecule has 0 rings (SSSR count). The number of carboxylic acids is 1. The van der Waals surface area contributed by atoms with E-state index in [1.165, 1.54) is 0 Å². The van der Waals surface area contributed by atoms with Crippen molar-refractivity contribution in [3.05, 3.63) is 12.3 Å². The number of aliphatic hydroxyl groups excluding tert-OH is 1. The van der Waals surface area contributed by atoms with Gasteiger partial charge in [-0.25, -0.2) is 9.59 Å². The van der Waals surface area contributed by atoms with Crippen LogP contribution in [0.25, 0.3) is 0 Å². The van der Waals surface area contributed by atoms with Crippen molar-refractivity contribution < 1.29 is 24.5 Å². The number of ether oxygens (including phenoxy) is 1. The molecule has 1 amide bonds. The van der Waals surface area contributed by atoms with Crippen molar-refractivity contribution in [3.63, 3.8) is 0 Å². The first-order valence-corrected chi connectivity index (χ1v) is 2.95. The molecule has 0 aliphatic rings. The number of carboxylic acid groups (broad SMARTS) is 1. The molecule has 0 aromatic carbocycles. The number of carbonyl (C=O) groups is 2. The number of hydrogen-bond donors (Lipinski definition) is 3. The summed E-state index contributed by atoms with van der Waals surface area (Å²) in [6.07, 6.45) is -0.711. The van der Waals surface area contributed by atoms with Gasteiger partial charge < -0.3 is 20.7 Å². The van der Waals surface area contributed by atoms with Gasteiger partial charge in [-0.3, -0.25) is 0 Å². The summed E-state index contributed by atoms with van der Waals surface area (Å²) >= 11 is 0. The lowest BCUT2D eigenvalue weighted by Crippen LogP contribution is -2.11. The molecule has 0 atom stereocenters. The summed E-state index contributed by atoms with van der Waals surface area (Å²) in [7, 11) is 0. The monoisotopic (exact) mass is 177 g/mol. The topological polar surface area (TPSA) is 110 Å².